The van der Waals surface area contributed by atoms with E-state index in [1.807, 2.05) is 26.0 Å². The van der Waals surface area contributed by atoms with E-state index in [-0.39, 0.29) is 11.4 Å². The molecule has 0 spiro atoms. The molecule has 0 aliphatic carbocycles. The molecule has 2 heterocycles. The molecule has 0 atom stereocenters. The van der Waals surface area contributed by atoms with Crippen molar-refractivity contribution in [2.45, 2.75) is 25.9 Å². The second-order valence-electron chi connectivity index (χ2n) is 4.93. The first-order chi connectivity index (χ1) is 7.55. The van der Waals surface area contributed by atoms with E-state index >= 15 is 0 Å². The Balaban J connectivity index is 2.03. The molecule has 1 aliphatic rings. The van der Waals surface area contributed by atoms with Crippen LogP contribution in [-0.4, -0.2) is 34.4 Å². The number of nitrogens with one attached hydrogen (secondary N) is 1. The van der Waals surface area contributed by atoms with E-state index in [1.165, 1.54) is 5.56 Å². The Morgan fingerprint density at radius 3 is 2.75 bits per heavy atom. The Bertz CT molecular complexity index is 375. The van der Waals surface area contributed by atoms with Gasteiger partial charge in [-0.15, -0.1) is 0 Å². The van der Waals surface area contributed by atoms with Gasteiger partial charge in [0.15, 0.2) is 0 Å². The third-order valence-electron chi connectivity index (χ3n) is 2.62. The molecule has 0 aromatic carbocycles. The monoisotopic (exact) mass is 219 g/mol. The highest BCUT2D eigenvalue weighted by Crippen LogP contribution is 2.13. The van der Waals surface area contributed by atoms with Crippen molar-refractivity contribution in [2.75, 3.05) is 13.1 Å². The lowest BCUT2D eigenvalue weighted by Crippen LogP contribution is -2.59. The molecule has 1 aromatic heterocycles. The summed E-state index contributed by atoms with van der Waals surface area (Å²) in [5.74, 6) is 0.102. The lowest BCUT2D eigenvalue weighted by atomic mass is 10.0. The highest BCUT2D eigenvalue weighted by atomic mass is 16.2. The average Bonchev–Trinajstić information content (AvgIpc) is 2.15. The quantitative estimate of drug-likeness (QED) is 0.800. The van der Waals surface area contributed by atoms with Crippen molar-refractivity contribution in [2.24, 2.45) is 0 Å². The number of rotatable bonds is 2. The van der Waals surface area contributed by atoms with Gasteiger partial charge in [0.25, 0.3) is 0 Å². The van der Waals surface area contributed by atoms with Crippen LogP contribution >= 0.6 is 0 Å². The second kappa shape index (κ2) is 4.22. The van der Waals surface area contributed by atoms with Gasteiger partial charge in [0.1, 0.15) is 0 Å². The number of hydrogen-bond acceptors (Lipinski definition) is 3. The molecule has 4 heteroatoms. The van der Waals surface area contributed by atoms with Crippen LogP contribution in [0.5, 0.6) is 0 Å². The van der Waals surface area contributed by atoms with Gasteiger partial charge >= 0.3 is 0 Å². The van der Waals surface area contributed by atoms with Gasteiger partial charge in [-0.2, -0.15) is 0 Å². The minimum atomic E-state index is -0.137. The molecule has 1 amide bonds. The number of nitrogens with zero attached hydrogens (tertiary/aromatic N) is 2. The fraction of sp³-hybridized carbons (Fsp3) is 0.500. The van der Waals surface area contributed by atoms with Crippen molar-refractivity contribution >= 4 is 5.91 Å². The molecule has 2 rings (SSSR count). The Hall–Kier alpha value is -1.42. The zero-order valence-corrected chi connectivity index (χ0v) is 9.73. The van der Waals surface area contributed by atoms with Crippen LogP contribution in [0.25, 0.3) is 0 Å². The van der Waals surface area contributed by atoms with E-state index < -0.39 is 0 Å². The fourth-order valence-corrected chi connectivity index (χ4v) is 2.13. The van der Waals surface area contributed by atoms with Gasteiger partial charge in [-0.3, -0.25) is 14.7 Å². The maximum atomic E-state index is 11.5. The predicted octanol–water partition coefficient (Wildman–Crippen LogP) is 0.792. The highest BCUT2D eigenvalue weighted by molar-refractivity contribution is 5.79. The highest BCUT2D eigenvalue weighted by Gasteiger charge is 2.30. The summed E-state index contributed by atoms with van der Waals surface area (Å²) >= 11 is 0. The SMILES string of the molecule is CC1(C)CN(Cc2ccncc2)CC(=O)N1. The lowest BCUT2D eigenvalue weighted by molar-refractivity contribution is -0.127. The third kappa shape index (κ3) is 2.79. The summed E-state index contributed by atoms with van der Waals surface area (Å²) in [6.45, 7) is 6.25. The van der Waals surface area contributed by atoms with E-state index in [1.54, 1.807) is 12.4 Å². The molecular weight excluding hydrogens is 202 g/mol. The molecule has 0 unspecified atom stereocenters. The smallest absolute Gasteiger partial charge is 0.234 e. The lowest BCUT2D eigenvalue weighted by Gasteiger charge is -2.38. The Morgan fingerprint density at radius 1 is 1.44 bits per heavy atom. The zero-order valence-electron chi connectivity index (χ0n) is 9.73. The van der Waals surface area contributed by atoms with Crippen LogP contribution in [0.2, 0.25) is 0 Å². The van der Waals surface area contributed by atoms with Crippen LogP contribution in [0.15, 0.2) is 24.5 Å². The number of hydrogen-bond donors (Lipinski definition) is 1. The van der Waals surface area contributed by atoms with Crippen molar-refractivity contribution in [1.29, 1.82) is 0 Å². The minimum Gasteiger partial charge on any atom is -0.349 e. The summed E-state index contributed by atoms with van der Waals surface area (Å²) in [6.07, 6.45) is 3.56. The molecule has 0 bridgehead atoms. The van der Waals surface area contributed by atoms with Gasteiger partial charge in [0.05, 0.1) is 6.54 Å². The van der Waals surface area contributed by atoms with Crippen LogP contribution < -0.4 is 5.32 Å². The molecule has 1 aliphatic heterocycles. The van der Waals surface area contributed by atoms with E-state index in [9.17, 15) is 4.79 Å². The van der Waals surface area contributed by atoms with Crippen LogP contribution in [0.4, 0.5) is 0 Å². The summed E-state index contributed by atoms with van der Waals surface area (Å²) in [6, 6.07) is 3.97. The normalized spacial score (nSPS) is 20.5. The van der Waals surface area contributed by atoms with Crippen LogP contribution in [0, 0.1) is 0 Å². The summed E-state index contributed by atoms with van der Waals surface area (Å²) in [7, 11) is 0. The molecule has 86 valence electrons. The van der Waals surface area contributed by atoms with Crippen molar-refractivity contribution in [1.82, 2.24) is 15.2 Å². The minimum absolute atomic E-state index is 0.102. The number of carbonyl (C=O) groups is 1. The first-order valence-corrected chi connectivity index (χ1v) is 5.47. The Kier molecular flexibility index (Phi) is 2.92. The topological polar surface area (TPSA) is 45.2 Å². The van der Waals surface area contributed by atoms with Crippen molar-refractivity contribution < 1.29 is 4.79 Å². The molecule has 1 aromatic rings. The van der Waals surface area contributed by atoms with E-state index in [2.05, 4.69) is 15.2 Å². The van der Waals surface area contributed by atoms with E-state index in [0.29, 0.717) is 6.54 Å². The summed E-state index contributed by atoms with van der Waals surface area (Å²) in [5, 5.41) is 2.98. The average molecular weight is 219 g/mol. The molecule has 4 nitrogen and oxygen atoms in total. The predicted molar refractivity (Wildman–Crippen MR) is 61.7 cm³/mol. The number of amides is 1. The van der Waals surface area contributed by atoms with Crippen LogP contribution in [0.1, 0.15) is 19.4 Å². The molecular formula is C12H17N3O. The fourth-order valence-electron chi connectivity index (χ4n) is 2.13. The number of pyridine rings is 1. The number of carbonyl (C=O) groups excluding carboxylic acids is 1. The van der Waals surface area contributed by atoms with Gasteiger partial charge in [0, 0.05) is 31.0 Å². The molecule has 0 saturated carbocycles. The van der Waals surface area contributed by atoms with E-state index in [4.69, 9.17) is 0 Å². The maximum Gasteiger partial charge on any atom is 0.234 e. The van der Waals surface area contributed by atoms with Gasteiger partial charge < -0.3 is 5.32 Å². The van der Waals surface area contributed by atoms with Gasteiger partial charge in [-0.1, -0.05) is 0 Å². The molecule has 0 radical (unpaired) electrons. The van der Waals surface area contributed by atoms with Gasteiger partial charge in [0.2, 0.25) is 5.91 Å². The number of piperazine rings is 1. The van der Waals surface area contributed by atoms with Crippen molar-refractivity contribution in [3.63, 3.8) is 0 Å². The first-order valence-electron chi connectivity index (χ1n) is 5.47. The second-order valence-corrected chi connectivity index (χ2v) is 4.93. The summed E-state index contributed by atoms with van der Waals surface area (Å²) in [5.41, 5.74) is 1.06. The summed E-state index contributed by atoms with van der Waals surface area (Å²) < 4.78 is 0. The Labute approximate surface area is 95.7 Å². The van der Waals surface area contributed by atoms with E-state index in [0.717, 1.165) is 13.1 Å². The van der Waals surface area contributed by atoms with Crippen molar-refractivity contribution in [3.05, 3.63) is 30.1 Å². The standard InChI is InChI=1S/C12H17N3O/c1-12(2)9-15(8-11(16)14-12)7-10-3-5-13-6-4-10/h3-6H,7-9H2,1-2H3,(H,14,16). The van der Waals surface area contributed by atoms with Gasteiger partial charge in [-0.05, 0) is 31.5 Å². The molecule has 1 fully saturated rings. The first kappa shape index (κ1) is 11.1. The third-order valence-corrected chi connectivity index (χ3v) is 2.62. The maximum absolute atomic E-state index is 11.5. The van der Waals surface area contributed by atoms with Crippen molar-refractivity contribution in [3.8, 4) is 0 Å². The van der Waals surface area contributed by atoms with Gasteiger partial charge in [-0.25, -0.2) is 0 Å². The van der Waals surface area contributed by atoms with Crippen LogP contribution in [0.3, 0.4) is 0 Å². The van der Waals surface area contributed by atoms with Crippen LogP contribution in [-0.2, 0) is 11.3 Å². The zero-order chi connectivity index (χ0) is 11.6. The largest absolute Gasteiger partial charge is 0.349 e. The number of aromatic nitrogens is 1. The molecule has 1 N–H and O–H groups in total. The summed E-state index contributed by atoms with van der Waals surface area (Å²) in [4.78, 5) is 17.7. The molecule has 1 saturated heterocycles. The molecule has 16 heavy (non-hydrogen) atoms. The Morgan fingerprint density at radius 2 is 2.12 bits per heavy atom.